The summed E-state index contributed by atoms with van der Waals surface area (Å²) in [6.45, 7) is 3.83. The van der Waals surface area contributed by atoms with Crippen molar-refractivity contribution in [3.05, 3.63) is 36.4 Å². The molecule has 0 radical (unpaired) electrons. The number of anilines is 1. The third kappa shape index (κ3) is 2.65. The van der Waals surface area contributed by atoms with Crippen molar-refractivity contribution < 1.29 is 4.79 Å². The van der Waals surface area contributed by atoms with Gasteiger partial charge in [0.2, 0.25) is 5.91 Å². The van der Waals surface area contributed by atoms with Crippen molar-refractivity contribution in [2.24, 2.45) is 11.7 Å². The molecule has 0 spiro atoms. The van der Waals surface area contributed by atoms with Crippen LogP contribution in [0.15, 0.2) is 36.4 Å². The first kappa shape index (κ1) is 12.5. The van der Waals surface area contributed by atoms with Gasteiger partial charge in [0.25, 0.3) is 0 Å². The summed E-state index contributed by atoms with van der Waals surface area (Å²) in [6.07, 6.45) is 0. The first-order valence-corrected chi connectivity index (χ1v) is 6.00. The van der Waals surface area contributed by atoms with Crippen LogP contribution >= 0.6 is 0 Å². The molecule has 1 aromatic heterocycles. The zero-order chi connectivity index (χ0) is 13.1. The lowest BCUT2D eigenvalue weighted by Gasteiger charge is -2.15. The third-order valence-corrected chi connectivity index (χ3v) is 2.87. The van der Waals surface area contributed by atoms with Gasteiger partial charge in [-0.15, -0.1) is 0 Å². The van der Waals surface area contributed by atoms with Crippen molar-refractivity contribution in [3.8, 4) is 0 Å². The molecule has 94 valence electrons. The van der Waals surface area contributed by atoms with Gasteiger partial charge >= 0.3 is 0 Å². The molecule has 2 rings (SSSR count). The minimum Gasteiger partial charge on any atom is -0.320 e. The number of fused-ring (bicyclic) bond motifs is 1. The number of rotatable bonds is 3. The maximum Gasteiger partial charge on any atom is 0.242 e. The SMILES string of the molecule is CC(C)C(N)C(=O)Nc1ccc2ccccc2n1. The molecule has 0 aliphatic rings. The van der Waals surface area contributed by atoms with E-state index in [2.05, 4.69) is 10.3 Å². The van der Waals surface area contributed by atoms with Gasteiger partial charge in [0.15, 0.2) is 0 Å². The maximum atomic E-state index is 11.8. The van der Waals surface area contributed by atoms with Gasteiger partial charge in [-0.2, -0.15) is 0 Å². The summed E-state index contributed by atoms with van der Waals surface area (Å²) in [4.78, 5) is 16.2. The van der Waals surface area contributed by atoms with Crippen molar-refractivity contribution in [2.45, 2.75) is 19.9 Å². The number of amides is 1. The Labute approximate surface area is 106 Å². The molecule has 3 N–H and O–H groups in total. The smallest absolute Gasteiger partial charge is 0.242 e. The highest BCUT2D eigenvalue weighted by Gasteiger charge is 2.17. The van der Waals surface area contributed by atoms with E-state index >= 15 is 0 Å². The summed E-state index contributed by atoms with van der Waals surface area (Å²) in [5, 5.41) is 3.79. The molecule has 1 atom stereocenters. The summed E-state index contributed by atoms with van der Waals surface area (Å²) in [5.74, 6) is 0.438. The second-order valence-corrected chi connectivity index (χ2v) is 4.65. The normalized spacial score (nSPS) is 12.7. The largest absolute Gasteiger partial charge is 0.320 e. The van der Waals surface area contributed by atoms with E-state index in [1.54, 1.807) is 6.07 Å². The molecule has 0 fully saturated rings. The van der Waals surface area contributed by atoms with E-state index in [1.807, 2.05) is 44.2 Å². The molecule has 18 heavy (non-hydrogen) atoms. The number of hydrogen-bond acceptors (Lipinski definition) is 3. The number of benzene rings is 1. The Morgan fingerprint density at radius 3 is 2.67 bits per heavy atom. The second kappa shape index (κ2) is 5.14. The lowest BCUT2D eigenvalue weighted by atomic mass is 10.1. The van der Waals surface area contributed by atoms with Gasteiger partial charge in [-0.25, -0.2) is 4.98 Å². The zero-order valence-electron chi connectivity index (χ0n) is 10.6. The molecular formula is C14H17N3O. The number of para-hydroxylation sites is 1. The molecule has 0 bridgehead atoms. The van der Waals surface area contributed by atoms with E-state index in [0.717, 1.165) is 10.9 Å². The van der Waals surface area contributed by atoms with Crippen LogP contribution in [0, 0.1) is 5.92 Å². The first-order valence-electron chi connectivity index (χ1n) is 6.00. The van der Waals surface area contributed by atoms with Crippen molar-refractivity contribution in [1.29, 1.82) is 0 Å². The predicted molar refractivity (Wildman–Crippen MR) is 73.2 cm³/mol. The number of pyridine rings is 1. The Kier molecular flexibility index (Phi) is 3.58. The lowest BCUT2D eigenvalue weighted by Crippen LogP contribution is -2.39. The number of hydrogen-bond donors (Lipinski definition) is 2. The minimum atomic E-state index is -0.515. The Morgan fingerprint density at radius 1 is 1.22 bits per heavy atom. The standard InChI is InChI=1S/C14H17N3O/c1-9(2)13(15)14(18)17-12-8-7-10-5-3-4-6-11(10)16-12/h3-9,13H,15H2,1-2H3,(H,16,17,18). The van der Waals surface area contributed by atoms with E-state index in [1.165, 1.54) is 0 Å². The molecule has 1 aromatic carbocycles. The number of carbonyl (C=O) groups excluding carboxylic acids is 1. The molecule has 0 saturated heterocycles. The van der Waals surface area contributed by atoms with E-state index < -0.39 is 6.04 Å². The predicted octanol–water partition coefficient (Wildman–Crippen LogP) is 2.16. The summed E-state index contributed by atoms with van der Waals surface area (Å²) in [7, 11) is 0. The van der Waals surface area contributed by atoms with Crippen molar-refractivity contribution in [2.75, 3.05) is 5.32 Å². The average molecular weight is 243 g/mol. The average Bonchev–Trinajstić information content (AvgIpc) is 2.37. The van der Waals surface area contributed by atoms with Crippen molar-refractivity contribution in [3.63, 3.8) is 0 Å². The van der Waals surface area contributed by atoms with Crippen LogP contribution in [0.1, 0.15) is 13.8 Å². The Hall–Kier alpha value is -1.94. The second-order valence-electron chi connectivity index (χ2n) is 4.65. The topological polar surface area (TPSA) is 68.0 Å². The van der Waals surface area contributed by atoms with E-state index in [9.17, 15) is 4.79 Å². The van der Waals surface area contributed by atoms with Crippen LogP contribution in [-0.2, 0) is 4.79 Å². The van der Waals surface area contributed by atoms with Gasteiger partial charge < -0.3 is 11.1 Å². The third-order valence-electron chi connectivity index (χ3n) is 2.87. The monoisotopic (exact) mass is 243 g/mol. The molecule has 0 saturated carbocycles. The highest BCUT2D eigenvalue weighted by molar-refractivity contribution is 5.95. The van der Waals surface area contributed by atoms with Gasteiger partial charge in [-0.05, 0) is 24.1 Å². The summed E-state index contributed by atoms with van der Waals surface area (Å²) < 4.78 is 0. The highest BCUT2D eigenvalue weighted by Crippen LogP contribution is 2.14. The minimum absolute atomic E-state index is 0.102. The fraction of sp³-hybridized carbons (Fsp3) is 0.286. The van der Waals surface area contributed by atoms with Crippen LogP contribution in [0.3, 0.4) is 0 Å². The van der Waals surface area contributed by atoms with Crippen LogP contribution < -0.4 is 11.1 Å². The number of nitrogens with two attached hydrogens (primary N) is 1. The summed E-state index contributed by atoms with van der Waals surface area (Å²) >= 11 is 0. The molecule has 0 aliphatic carbocycles. The molecule has 0 aliphatic heterocycles. The number of carbonyl (C=O) groups is 1. The van der Waals surface area contributed by atoms with Crippen molar-refractivity contribution in [1.82, 2.24) is 4.98 Å². The van der Waals surface area contributed by atoms with Gasteiger partial charge in [-0.3, -0.25) is 4.79 Å². The van der Waals surface area contributed by atoms with Crippen LogP contribution in [0.2, 0.25) is 0 Å². The molecule has 4 nitrogen and oxygen atoms in total. The number of aromatic nitrogens is 1. The lowest BCUT2D eigenvalue weighted by molar-refractivity contribution is -0.118. The van der Waals surface area contributed by atoms with E-state index in [4.69, 9.17) is 5.73 Å². The van der Waals surface area contributed by atoms with Gasteiger partial charge in [0.1, 0.15) is 5.82 Å². The molecular weight excluding hydrogens is 226 g/mol. The number of nitrogens with zero attached hydrogens (tertiary/aromatic N) is 1. The Bertz CT molecular complexity index is 566. The molecule has 1 amide bonds. The fourth-order valence-electron chi connectivity index (χ4n) is 1.65. The number of nitrogens with one attached hydrogen (secondary N) is 1. The Morgan fingerprint density at radius 2 is 1.94 bits per heavy atom. The van der Waals surface area contributed by atoms with E-state index in [-0.39, 0.29) is 11.8 Å². The van der Waals surface area contributed by atoms with E-state index in [0.29, 0.717) is 5.82 Å². The highest BCUT2D eigenvalue weighted by atomic mass is 16.2. The first-order chi connectivity index (χ1) is 8.58. The molecule has 4 heteroatoms. The molecule has 1 heterocycles. The van der Waals surface area contributed by atoms with Crippen molar-refractivity contribution >= 4 is 22.6 Å². The van der Waals surface area contributed by atoms with Gasteiger partial charge in [0.05, 0.1) is 11.6 Å². The Balaban J connectivity index is 2.19. The quantitative estimate of drug-likeness (QED) is 0.868. The molecule has 2 aromatic rings. The summed E-state index contributed by atoms with van der Waals surface area (Å²) in [6, 6.07) is 11.0. The van der Waals surface area contributed by atoms with Crippen LogP contribution in [0.25, 0.3) is 10.9 Å². The van der Waals surface area contributed by atoms with Crippen LogP contribution in [0.4, 0.5) is 5.82 Å². The summed E-state index contributed by atoms with van der Waals surface area (Å²) in [5.41, 5.74) is 6.64. The maximum absolute atomic E-state index is 11.8. The van der Waals surface area contributed by atoms with Crippen LogP contribution in [-0.4, -0.2) is 16.9 Å². The van der Waals surface area contributed by atoms with Gasteiger partial charge in [0, 0.05) is 5.39 Å². The zero-order valence-corrected chi connectivity index (χ0v) is 10.6. The fourth-order valence-corrected chi connectivity index (χ4v) is 1.65. The van der Waals surface area contributed by atoms with Gasteiger partial charge in [-0.1, -0.05) is 32.0 Å². The molecule has 1 unspecified atom stereocenters. The van der Waals surface area contributed by atoms with Crippen LogP contribution in [0.5, 0.6) is 0 Å².